The highest BCUT2D eigenvalue weighted by Crippen LogP contribution is 2.41. The molecule has 3 aromatic heterocycles. The topological polar surface area (TPSA) is 50.7 Å². The second kappa shape index (κ2) is 9.14. The minimum absolute atomic E-state index is 0.330. The molecule has 0 amide bonds. The summed E-state index contributed by atoms with van der Waals surface area (Å²) in [5.74, 6) is 1.57. The number of pyridine rings is 1. The van der Waals surface area contributed by atoms with E-state index in [2.05, 4.69) is 61.4 Å². The van der Waals surface area contributed by atoms with E-state index >= 15 is 0 Å². The molecule has 0 unspecified atom stereocenters. The van der Waals surface area contributed by atoms with Gasteiger partial charge in [-0.3, -0.25) is 0 Å². The van der Waals surface area contributed by atoms with Crippen LogP contribution in [0, 0.1) is 5.92 Å². The molecule has 0 spiro atoms. The molecule has 4 nitrogen and oxygen atoms in total. The van der Waals surface area contributed by atoms with Gasteiger partial charge in [0, 0.05) is 17.1 Å². The highest BCUT2D eigenvalue weighted by molar-refractivity contribution is 7.26. The minimum Gasteiger partial charge on any atom is -0.366 e. The van der Waals surface area contributed by atoms with Crippen LogP contribution in [0.5, 0.6) is 0 Å². The van der Waals surface area contributed by atoms with E-state index < -0.39 is 0 Å². The third kappa shape index (κ3) is 4.23. The van der Waals surface area contributed by atoms with E-state index in [0.29, 0.717) is 12.0 Å². The van der Waals surface area contributed by atoms with Crippen LogP contribution in [0.15, 0.2) is 36.7 Å². The van der Waals surface area contributed by atoms with E-state index in [4.69, 9.17) is 9.97 Å². The molecule has 0 saturated heterocycles. The Hall–Kier alpha value is -2.53. The van der Waals surface area contributed by atoms with Gasteiger partial charge in [-0.1, -0.05) is 44.2 Å². The van der Waals surface area contributed by atoms with Crippen LogP contribution in [0.3, 0.4) is 0 Å². The van der Waals surface area contributed by atoms with Crippen LogP contribution >= 0.6 is 11.3 Å². The summed E-state index contributed by atoms with van der Waals surface area (Å²) in [4.78, 5) is 15.7. The summed E-state index contributed by atoms with van der Waals surface area (Å²) in [6.07, 6.45) is 9.73. The molecule has 5 heteroatoms. The summed E-state index contributed by atoms with van der Waals surface area (Å²) in [6.45, 7) is 6.82. The van der Waals surface area contributed by atoms with E-state index in [9.17, 15) is 0 Å². The summed E-state index contributed by atoms with van der Waals surface area (Å²) in [5, 5.41) is 4.96. The van der Waals surface area contributed by atoms with Gasteiger partial charge in [-0.15, -0.1) is 11.3 Å². The van der Waals surface area contributed by atoms with Gasteiger partial charge in [0.25, 0.3) is 0 Å². The Morgan fingerprint density at radius 2 is 1.78 bits per heavy atom. The summed E-state index contributed by atoms with van der Waals surface area (Å²) in [5.41, 5.74) is 6.78. The number of rotatable bonds is 7. The van der Waals surface area contributed by atoms with Gasteiger partial charge in [0.15, 0.2) is 0 Å². The van der Waals surface area contributed by atoms with Gasteiger partial charge < -0.3 is 5.32 Å². The molecule has 1 N–H and O–H groups in total. The third-order valence-electron chi connectivity index (χ3n) is 6.50. The van der Waals surface area contributed by atoms with Gasteiger partial charge in [0.2, 0.25) is 0 Å². The molecule has 0 fully saturated rings. The number of aryl methyl sites for hydroxylation is 2. The fraction of sp³-hybridized carbons (Fsp3) is 0.444. The SMILES string of the molecule is CC(C)Cc1nc2sc3c(N[C@@H](C)CCc4ccccc4)ncnc3c2c2c1CCCC2. The number of aromatic nitrogens is 3. The average molecular weight is 445 g/mol. The lowest BCUT2D eigenvalue weighted by Gasteiger charge is -2.20. The van der Waals surface area contributed by atoms with Crippen molar-refractivity contribution < 1.29 is 0 Å². The molecular formula is C27H32N4S. The summed E-state index contributed by atoms with van der Waals surface area (Å²) in [6, 6.07) is 11.0. The Bertz CT molecular complexity index is 1230. The van der Waals surface area contributed by atoms with Gasteiger partial charge in [0.1, 0.15) is 17.0 Å². The number of fused-ring (bicyclic) bond motifs is 5. The van der Waals surface area contributed by atoms with E-state index in [1.807, 2.05) is 0 Å². The first kappa shape index (κ1) is 21.3. The van der Waals surface area contributed by atoms with Crippen LogP contribution in [-0.2, 0) is 25.7 Å². The van der Waals surface area contributed by atoms with Crippen LogP contribution in [0.4, 0.5) is 5.82 Å². The Labute approximate surface area is 194 Å². The summed E-state index contributed by atoms with van der Waals surface area (Å²) < 4.78 is 1.15. The highest BCUT2D eigenvalue weighted by atomic mass is 32.1. The predicted octanol–water partition coefficient (Wildman–Crippen LogP) is 6.75. The van der Waals surface area contributed by atoms with Crippen molar-refractivity contribution in [3.63, 3.8) is 0 Å². The second-order valence-electron chi connectivity index (χ2n) is 9.57. The number of anilines is 1. The smallest absolute Gasteiger partial charge is 0.147 e. The molecule has 3 heterocycles. The quantitative estimate of drug-likeness (QED) is 0.342. The normalized spacial score (nSPS) is 14.8. The monoisotopic (exact) mass is 444 g/mol. The minimum atomic E-state index is 0.330. The van der Waals surface area contributed by atoms with Crippen LogP contribution in [-0.4, -0.2) is 21.0 Å². The standard InChI is InChI=1S/C27H32N4S/c1-17(2)15-22-20-11-7-8-12-21(20)23-24-25(32-27(23)31-22)26(29-16-28-24)30-18(3)13-14-19-9-5-4-6-10-19/h4-6,9-10,16-18H,7-8,11-15H2,1-3H3,(H,28,29,30)/t18-/m0/s1. The predicted molar refractivity (Wildman–Crippen MR) is 136 cm³/mol. The zero-order valence-corrected chi connectivity index (χ0v) is 20.1. The number of nitrogens with one attached hydrogen (secondary N) is 1. The molecule has 5 rings (SSSR count). The maximum absolute atomic E-state index is 5.19. The van der Waals surface area contributed by atoms with Crippen molar-refractivity contribution in [3.05, 3.63) is 59.0 Å². The number of thiophene rings is 1. The number of hydrogen-bond donors (Lipinski definition) is 1. The zero-order valence-electron chi connectivity index (χ0n) is 19.3. The molecule has 4 aromatic rings. The Balaban J connectivity index is 1.50. The van der Waals surface area contributed by atoms with Crippen LogP contribution in [0.25, 0.3) is 20.4 Å². The summed E-state index contributed by atoms with van der Waals surface area (Å²) in [7, 11) is 0. The van der Waals surface area contributed by atoms with Gasteiger partial charge in [-0.05, 0) is 74.5 Å². The largest absolute Gasteiger partial charge is 0.366 e. The Kier molecular flexibility index (Phi) is 6.09. The zero-order chi connectivity index (χ0) is 22.1. The Morgan fingerprint density at radius 1 is 1.00 bits per heavy atom. The van der Waals surface area contributed by atoms with Crippen molar-refractivity contribution in [2.24, 2.45) is 5.92 Å². The maximum Gasteiger partial charge on any atom is 0.147 e. The Morgan fingerprint density at radius 3 is 2.56 bits per heavy atom. The van der Waals surface area contributed by atoms with Crippen molar-refractivity contribution in [2.75, 3.05) is 5.32 Å². The maximum atomic E-state index is 5.19. The fourth-order valence-electron chi connectivity index (χ4n) is 4.93. The van der Waals surface area contributed by atoms with Gasteiger partial charge in [-0.2, -0.15) is 0 Å². The molecule has 0 saturated carbocycles. The van der Waals surface area contributed by atoms with E-state index in [1.165, 1.54) is 40.6 Å². The first-order chi connectivity index (χ1) is 15.6. The van der Waals surface area contributed by atoms with Crippen molar-refractivity contribution in [1.82, 2.24) is 15.0 Å². The van der Waals surface area contributed by atoms with Crippen LogP contribution in [0.1, 0.15) is 62.4 Å². The lowest BCUT2D eigenvalue weighted by Crippen LogP contribution is -2.17. The molecule has 0 radical (unpaired) electrons. The fourth-order valence-corrected chi connectivity index (χ4v) is 6.06. The van der Waals surface area contributed by atoms with E-state index in [-0.39, 0.29) is 0 Å². The van der Waals surface area contributed by atoms with Crippen molar-refractivity contribution in [1.29, 1.82) is 0 Å². The summed E-state index contributed by atoms with van der Waals surface area (Å²) >= 11 is 1.76. The lowest BCUT2D eigenvalue weighted by molar-refractivity contribution is 0.615. The van der Waals surface area contributed by atoms with Crippen molar-refractivity contribution in [3.8, 4) is 0 Å². The van der Waals surface area contributed by atoms with Gasteiger partial charge in [-0.25, -0.2) is 15.0 Å². The average Bonchev–Trinajstić information content (AvgIpc) is 3.18. The van der Waals surface area contributed by atoms with Crippen LogP contribution < -0.4 is 5.32 Å². The first-order valence-corrected chi connectivity index (χ1v) is 12.8. The van der Waals surface area contributed by atoms with E-state index in [1.54, 1.807) is 17.7 Å². The number of nitrogens with zero attached hydrogens (tertiary/aromatic N) is 3. The molecule has 0 aliphatic heterocycles. The number of hydrogen-bond acceptors (Lipinski definition) is 5. The molecule has 1 aliphatic carbocycles. The third-order valence-corrected chi connectivity index (χ3v) is 7.58. The van der Waals surface area contributed by atoms with Crippen LogP contribution in [0.2, 0.25) is 0 Å². The molecule has 166 valence electrons. The number of benzene rings is 1. The molecule has 1 aromatic carbocycles. The van der Waals surface area contributed by atoms with Gasteiger partial charge in [0.05, 0.1) is 10.2 Å². The lowest BCUT2D eigenvalue weighted by atomic mass is 9.87. The van der Waals surface area contributed by atoms with E-state index in [0.717, 1.165) is 53.0 Å². The first-order valence-electron chi connectivity index (χ1n) is 12.0. The molecule has 0 bridgehead atoms. The molecule has 32 heavy (non-hydrogen) atoms. The van der Waals surface area contributed by atoms with Crippen molar-refractivity contribution >= 4 is 37.6 Å². The molecular weight excluding hydrogens is 412 g/mol. The molecule has 1 aliphatic rings. The second-order valence-corrected chi connectivity index (χ2v) is 10.6. The highest BCUT2D eigenvalue weighted by Gasteiger charge is 2.23. The van der Waals surface area contributed by atoms with Crippen molar-refractivity contribution in [2.45, 2.75) is 71.8 Å². The molecule has 1 atom stereocenters. The van der Waals surface area contributed by atoms with Gasteiger partial charge >= 0.3 is 0 Å².